The Morgan fingerprint density at radius 3 is 1.19 bits per heavy atom. The molecular weight excluding hydrogens is 1610 g/mol. The van der Waals surface area contributed by atoms with Crippen LogP contribution in [0.15, 0.2) is 174 Å². The van der Waals surface area contributed by atoms with Crippen molar-refractivity contribution in [1.82, 2.24) is 68.3 Å². The Bertz CT molecular complexity index is 6120. The number of amides is 3. The highest BCUT2D eigenvalue weighted by atomic mass is 35.5. The quantitative estimate of drug-likeness (QED) is 0.0712. The molecule has 3 fully saturated rings. The van der Waals surface area contributed by atoms with E-state index in [1.54, 1.807) is 63.5 Å². The van der Waals surface area contributed by atoms with Gasteiger partial charge in [0.25, 0.3) is 0 Å². The van der Waals surface area contributed by atoms with Gasteiger partial charge < -0.3 is 39.6 Å². The molecule has 0 radical (unpaired) electrons. The van der Waals surface area contributed by atoms with Crippen molar-refractivity contribution in [2.45, 2.75) is 119 Å². The summed E-state index contributed by atoms with van der Waals surface area (Å²) >= 11 is 13.5. The number of aromatic hydroxyl groups is 2. The number of carbonyl (C=O) groups is 3. The summed E-state index contributed by atoms with van der Waals surface area (Å²) in [5.41, 5.74) is 4.54. The zero-order valence-electron chi connectivity index (χ0n) is 69.4. The van der Waals surface area contributed by atoms with Crippen LogP contribution in [-0.2, 0) is 14.4 Å². The Balaban J connectivity index is 0.000000158. The average Bonchev–Trinajstić information content (AvgIpc) is 0.741. The Kier molecular flexibility index (Phi) is 25.4. The number of rotatable bonds is 15. The van der Waals surface area contributed by atoms with Gasteiger partial charge in [0.15, 0.2) is 22.8 Å². The van der Waals surface area contributed by atoms with Crippen molar-refractivity contribution in [2.75, 3.05) is 73.6 Å². The Morgan fingerprint density at radius 2 is 0.795 bits per heavy atom. The van der Waals surface area contributed by atoms with E-state index in [2.05, 4.69) is 49.6 Å². The lowest BCUT2D eigenvalue weighted by molar-refractivity contribution is -0.127. The van der Waals surface area contributed by atoms with Crippen LogP contribution in [0.2, 0.25) is 10.0 Å². The fourth-order valence-electron chi connectivity index (χ4n) is 16.1. The fraction of sp³-hybridized carbons (Fsp3) is 0.297. The van der Waals surface area contributed by atoms with Crippen LogP contribution in [0.4, 0.5) is 35.0 Å². The van der Waals surface area contributed by atoms with Crippen molar-refractivity contribution in [2.24, 2.45) is 0 Å². The molecule has 2 N–H and O–H groups in total. The maximum atomic E-state index is 15.8. The Hall–Kier alpha value is -13.0. The van der Waals surface area contributed by atoms with E-state index in [4.69, 9.17) is 33.2 Å². The van der Waals surface area contributed by atoms with E-state index >= 15 is 8.78 Å². The van der Waals surface area contributed by atoms with E-state index in [-0.39, 0.29) is 114 Å². The summed E-state index contributed by atoms with van der Waals surface area (Å²) in [4.78, 5) is 126. The number of phenolic OH excluding ortho intramolecular Hbond substituents is 2. The minimum absolute atomic E-state index is 0.00496. The highest BCUT2D eigenvalue weighted by molar-refractivity contribution is 6.34. The minimum atomic E-state index is -0.897. The number of aromatic nitrogens is 11. The van der Waals surface area contributed by atoms with Crippen LogP contribution in [-0.4, -0.2) is 173 Å². The molecule has 0 spiro atoms. The van der Waals surface area contributed by atoms with Gasteiger partial charge >= 0.3 is 17.1 Å². The van der Waals surface area contributed by atoms with Crippen LogP contribution in [0, 0.1) is 44.0 Å². The predicted octanol–water partition coefficient (Wildman–Crippen LogP) is 15.4. The summed E-state index contributed by atoms with van der Waals surface area (Å²) in [7, 11) is 0. The first-order valence-corrected chi connectivity index (χ1v) is 40.6. The second kappa shape index (κ2) is 35.7. The molecule has 4 aromatic carbocycles. The molecule has 3 aliphatic rings. The number of pyridine rings is 5. The molecular formula is C91H91Cl2F4N17O8. The molecule has 122 heavy (non-hydrogen) atoms. The van der Waals surface area contributed by atoms with Gasteiger partial charge in [0.1, 0.15) is 52.1 Å². The first-order chi connectivity index (χ1) is 58.2. The predicted molar refractivity (Wildman–Crippen MR) is 468 cm³/mol. The summed E-state index contributed by atoms with van der Waals surface area (Å²) in [6.07, 6.45) is 7.19. The number of carbonyl (C=O) groups excluding carboxylic acids is 3. The number of halogens is 6. The summed E-state index contributed by atoms with van der Waals surface area (Å²) in [6.45, 7) is 37.6. The van der Waals surface area contributed by atoms with Crippen molar-refractivity contribution in [3.63, 3.8) is 0 Å². The number of hydrogen-bond acceptors (Lipinski definition) is 19. The molecule has 12 aromatic rings. The molecule has 0 bridgehead atoms. The number of phenols is 2. The minimum Gasteiger partial charge on any atom is -0.507 e. The highest BCUT2D eigenvalue weighted by Crippen LogP contribution is 2.43. The molecule has 630 valence electrons. The number of anilines is 3. The summed E-state index contributed by atoms with van der Waals surface area (Å²) in [5, 5.41) is 22.6. The van der Waals surface area contributed by atoms with E-state index < -0.39 is 57.3 Å². The van der Waals surface area contributed by atoms with Gasteiger partial charge in [-0.05, 0) is 167 Å². The molecule has 25 nitrogen and oxygen atoms in total. The largest absolute Gasteiger partial charge is 0.507 e. The van der Waals surface area contributed by atoms with Gasteiger partial charge in [0.05, 0.1) is 77.2 Å². The third kappa shape index (κ3) is 16.6. The van der Waals surface area contributed by atoms with Gasteiger partial charge in [0, 0.05) is 95.0 Å². The maximum Gasteiger partial charge on any atom is 0.355 e. The number of piperazine rings is 3. The molecule has 3 saturated heterocycles. The molecule has 15 rings (SSSR count). The lowest BCUT2D eigenvalue weighted by Gasteiger charge is -2.40. The number of aryl methyl sites for hydroxylation is 3. The molecule has 3 aliphatic heterocycles. The third-order valence-electron chi connectivity index (χ3n) is 22.1. The van der Waals surface area contributed by atoms with Crippen LogP contribution in [0.3, 0.4) is 0 Å². The lowest BCUT2D eigenvalue weighted by atomic mass is 9.98. The van der Waals surface area contributed by atoms with Crippen molar-refractivity contribution >= 4 is 91.5 Å². The summed E-state index contributed by atoms with van der Waals surface area (Å²) < 4.78 is 64.8. The van der Waals surface area contributed by atoms with Crippen LogP contribution in [0.25, 0.3) is 83.9 Å². The van der Waals surface area contributed by atoms with E-state index in [1.165, 1.54) is 68.3 Å². The second-order valence-corrected chi connectivity index (χ2v) is 32.1. The van der Waals surface area contributed by atoms with Gasteiger partial charge in [-0.15, -0.1) is 0 Å². The second-order valence-electron chi connectivity index (χ2n) is 31.3. The molecule has 11 heterocycles. The Labute approximate surface area is 710 Å². The first-order valence-electron chi connectivity index (χ1n) is 39.8. The average molecular weight is 1700 g/mol. The molecule has 0 aliphatic carbocycles. The number of hydrogen-bond donors (Lipinski definition) is 2. The maximum absolute atomic E-state index is 15.8. The van der Waals surface area contributed by atoms with Crippen molar-refractivity contribution in [1.29, 1.82) is 0 Å². The van der Waals surface area contributed by atoms with E-state index in [0.29, 0.717) is 121 Å². The SMILES string of the molecule is C=CC(=O)N1CCN(c2nc(=O)n(-c3c(C)cccc3C(C)C)c3nc(-c4c(O)cccc4F)c(Cl)cc23)[C@@H](C)C1.C=CC(=O)N1CCN(c2nc(=O)n(-c3c(C)ccnc3C(C)C)c3nc(-c4c(O)cccc4F)c(F)cc23)[C@@H](C)C1.C=CC(=O)N1CCN(c2nc(=O)n(-c3c(C)ccnc3C(C)C)c3nc(-c4ccccc4F)c(Cl)cc23)[C@@H](C)C1. The number of para-hydroxylation sites is 1. The first kappa shape index (κ1) is 86.8. The Morgan fingerprint density at radius 1 is 0.434 bits per heavy atom. The van der Waals surface area contributed by atoms with Gasteiger partial charge in [-0.2, -0.15) is 15.0 Å². The smallest absolute Gasteiger partial charge is 0.355 e. The molecule has 3 amide bonds. The molecule has 3 atom stereocenters. The highest BCUT2D eigenvalue weighted by Gasteiger charge is 2.36. The number of fused-ring (bicyclic) bond motifs is 3. The van der Waals surface area contributed by atoms with Crippen molar-refractivity contribution in [3.05, 3.63) is 258 Å². The molecule has 0 saturated carbocycles. The summed E-state index contributed by atoms with van der Waals surface area (Å²) in [6, 6.07) is 27.1. The fourth-order valence-corrected chi connectivity index (χ4v) is 16.6. The van der Waals surface area contributed by atoms with Crippen LogP contribution in [0.5, 0.6) is 11.5 Å². The molecule has 31 heteroatoms. The molecule has 0 unspecified atom stereocenters. The van der Waals surface area contributed by atoms with Gasteiger partial charge in [-0.1, -0.05) is 127 Å². The van der Waals surface area contributed by atoms with Crippen molar-refractivity contribution in [3.8, 4) is 62.3 Å². The van der Waals surface area contributed by atoms with E-state index in [9.17, 15) is 47.8 Å². The summed E-state index contributed by atoms with van der Waals surface area (Å²) in [5.74, 6) is -3.29. The van der Waals surface area contributed by atoms with E-state index in [1.807, 2.05) is 122 Å². The van der Waals surface area contributed by atoms with Crippen LogP contribution in [0.1, 0.15) is 114 Å². The zero-order valence-corrected chi connectivity index (χ0v) is 71.0. The normalized spacial score (nSPS) is 15.6. The third-order valence-corrected chi connectivity index (χ3v) is 22.7. The van der Waals surface area contributed by atoms with E-state index in [0.717, 1.165) is 28.8 Å². The lowest BCUT2D eigenvalue weighted by Crippen LogP contribution is -2.54. The zero-order chi connectivity index (χ0) is 87.9. The topological polar surface area (TPSA) is 280 Å². The van der Waals surface area contributed by atoms with Gasteiger partial charge in [0.2, 0.25) is 17.7 Å². The van der Waals surface area contributed by atoms with Crippen LogP contribution >= 0.6 is 23.2 Å². The van der Waals surface area contributed by atoms with Gasteiger partial charge in [-0.3, -0.25) is 24.4 Å². The monoisotopic (exact) mass is 1700 g/mol. The van der Waals surface area contributed by atoms with Gasteiger partial charge in [-0.25, -0.2) is 60.6 Å². The number of benzene rings is 4. The molecule has 8 aromatic heterocycles. The number of nitrogens with zero attached hydrogens (tertiary/aromatic N) is 17. The van der Waals surface area contributed by atoms with Crippen LogP contribution < -0.4 is 31.8 Å². The van der Waals surface area contributed by atoms with Crippen molar-refractivity contribution < 1.29 is 42.2 Å². The standard InChI is InChI=1S/C31H31ClFN5O3.C30H30ClFN6O2.C30H30F2N6O3/c1-6-25(40)36-13-14-37(19(5)16-36)29-21-15-22(32)27(26-23(33)11-8-12-24(26)39)34-30(21)38(31(41)35-29)28-18(4)9-7-10-20(28)17(2)3;1-6-24(39)36-13-14-37(19(5)16-36)28-21-15-22(31)26(20-9-7-8-10-23(20)32)34-29(21)38(30(40)35-28)27-18(4)11-12-33-25(27)17(2)3;1-6-23(40)36-12-13-37(18(5)15-36)28-19-14-21(32)26(24-20(31)8-7-9-22(24)39)34-29(19)38(30(41)35-28)27-17(4)10-11-33-25(27)16(2)3/h6-12,15,17,19,39H,1,13-14,16H2,2-5H3;6-12,15,17,19H,1,13-14,16H2,2-5H3;6-11,14,16,18,39H,1,12-13,15H2,2-5H3/t2*19-;18-/m000/s1.